The van der Waals surface area contributed by atoms with E-state index in [1.54, 1.807) is 0 Å². The molecule has 460 valence electrons. The molecular weight excluding hydrogens is 997 g/mol. The van der Waals surface area contributed by atoms with Gasteiger partial charge in [0.2, 0.25) is 0 Å². The van der Waals surface area contributed by atoms with Crippen LogP contribution in [-0.4, -0.2) is 37.2 Å². The first-order valence-corrected chi connectivity index (χ1v) is 33.7. The third kappa shape index (κ3) is 66.2. The van der Waals surface area contributed by atoms with Crippen molar-refractivity contribution < 1.29 is 28.6 Å². The van der Waals surface area contributed by atoms with Crippen molar-refractivity contribution in [2.24, 2.45) is 0 Å². The van der Waals surface area contributed by atoms with Gasteiger partial charge in [0.05, 0.1) is 0 Å². The van der Waals surface area contributed by atoms with Gasteiger partial charge < -0.3 is 14.2 Å². The maximum atomic E-state index is 12.9. The Balaban J connectivity index is 4.20. The molecule has 0 bridgehead atoms. The third-order valence-corrected chi connectivity index (χ3v) is 14.1. The molecule has 0 N–H and O–H groups in total. The van der Waals surface area contributed by atoms with Gasteiger partial charge in [0, 0.05) is 19.3 Å². The number of allylic oxidation sites excluding steroid dienone is 22. The fraction of sp³-hybridized carbons (Fsp3) is 0.667. The summed E-state index contributed by atoms with van der Waals surface area (Å²) in [6, 6.07) is 0. The van der Waals surface area contributed by atoms with Crippen molar-refractivity contribution in [3.05, 3.63) is 134 Å². The number of carbonyl (C=O) groups excluding carboxylic acids is 3. The Bertz CT molecular complexity index is 1720. The van der Waals surface area contributed by atoms with Gasteiger partial charge in [0.25, 0.3) is 0 Å². The molecule has 1 unspecified atom stereocenters. The molecule has 0 aromatic rings. The van der Waals surface area contributed by atoms with Crippen molar-refractivity contribution in [2.75, 3.05) is 13.2 Å². The largest absolute Gasteiger partial charge is 0.462 e. The third-order valence-electron chi connectivity index (χ3n) is 14.1. The van der Waals surface area contributed by atoms with E-state index in [0.29, 0.717) is 19.3 Å². The predicted molar refractivity (Wildman–Crippen MR) is 353 cm³/mol. The van der Waals surface area contributed by atoms with Crippen LogP contribution in [0.15, 0.2) is 134 Å². The average Bonchev–Trinajstić information content (AvgIpc) is 3.47. The number of carbonyl (C=O) groups is 3. The number of esters is 3. The Labute approximate surface area is 500 Å². The second-order valence-corrected chi connectivity index (χ2v) is 22.0. The van der Waals surface area contributed by atoms with Gasteiger partial charge in [0.15, 0.2) is 6.10 Å². The van der Waals surface area contributed by atoms with Crippen molar-refractivity contribution in [3.63, 3.8) is 0 Å². The molecule has 0 radical (unpaired) electrons. The minimum absolute atomic E-state index is 0.0901. The van der Waals surface area contributed by atoms with Gasteiger partial charge in [0.1, 0.15) is 13.2 Å². The van der Waals surface area contributed by atoms with Crippen LogP contribution in [0.5, 0.6) is 0 Å². The van der Waals surface area contributed by atoms with Crippen LogP contribution in [0.25, 0.3) is 0 Å². The monoisotopic (exact) mass is 1120 g/mol. The van der Waals surface area contributed by atoms with E-state index in [4.69, 9.17) is 14.2 Å². The maximum Gasteiger partial charge on any atom is 0.306 e. The Morgan fingerprint density at radius 2 is 0.481 bits per heavy atom. The minimum atomic E-state index is -0.795. The van der Waals surface area contributed by atoms with Crippen LogP contribution in [0.3, 0.4) is 0 Å². The summed E-state index contributed by atoms with van der Waals surface area (Å²) in [6.45, 7) is 6.43. The van der Waals surface area contributed by atoms with E-state index >= 15 is 0 Å². The zero-order valence-corrected chi connectivity index (χ0v) is 52.8. The predicted octanol–water partition coefficient (Wildman–Crippen LogP) is 23.3. The second kappa shape index (κ2) is 68.1. The highest BCUT2D eigenvalue weighted by atomic mass is 16.6. The van der Waals surface area contributed by atoms with Crippen LogP contribution in [-0.2, 0) is 28.6 Å². The summed E-state index contributed by atoms with van der Waals surface area (Å²) in [5.41, 5.74) is 0. The Morgan fingerprint density at radius 3 is 0.753 bits per heavy atom. The van der Waals surface area contributed by atoms with Crippen LogP contribution >= 0.6 is 0 Å². The van der Waals surface area contributed by atoms with Crippen molar-refractivity contribution in [3.8, 4) is 0 Å². The fourth-order valence-electron chi connectivity index (χ4n) is 9.04. The molecule has 0 aliphatic carbocycles. The molecule has 0 rings (SSSR count). The molecular formula is C75H124O6. The molecule has 0 aromatic carbocycles. The minimum Gasteiger partial charge on any atom is -0.462 e. The lowest BCUT2D eigenvalue weighted by Crippen LogP contribution is -2.30. The van der Waals surface area contributed by atoms with Crippen LogP contribution in [0.4, 0.5) is 0 Å². The lowest BCUT2D eigenvalue weighted by Gasteiger charge is -2.18. The van der Waals surface area contributed by atoms with Gasteiger partial charge in [-0.25, -0.2) is 0 Å². The molecule has 0 aromatic heterocycles. The highest BCUT2D eigenvalue weighted by Crippen LogP contribution is 2.16. The van der Waals surface area contributed by atoms with E-state index in [9.17, 15) is 14.4 Å². The number of rotatable bonds is 60. The first-order chi connectivity index (χ1) is 40.0. The Kier molecular flexibility index (Phi) is 64.3. The normalized spacial score (nSPS) is 13.0. The van der Waals surface area contributed by atoms with Crippen molar-refractivity contribution in [1.29, 1.82) is 0 Å². The van der Waals surface area contributed by atoms with Gasteiger partial charge in [-0.1, -0.05) is 289 Å². The lowest BCUT2D eigenvalue weighted by molar-refractivity contribution is -0.167. The highest BCUT2D eigenvalue weighted by molar-refractivity contribution is 5.71. The van der Waals surface area contributed by atoms with E-state index in [1.807, 2.05) is 0 Å². The summed E-state index contributed by atoms with van der Waals surface area (Å²) in [5, 5.41) is 0. The van der Waals surface area contributed by atoms with Crippen molar-refractivity contribution in [2.45, 2.75) is 309 Å². The molecule has 0 saturated carbocycles. The van der Waals surface area contributed by atoms with Crippen LogP contribution in [0.2, 0.25) is 0 Å². The molecule has 1 atom stereocenters. The van der Waals surface area contributed by atoms with Crippen molar-refractivity contribution >= 4 is 17.9 Å². The first-order valence-electron chi connectivity index (χ1n) is 33.7. The van der Waals surface area contributed by atoms with Gasteiger partial charge in [-0.05, 0) is 128 Å². The molecule has 0 heterocycles. The number of hydrogen-bond donors (Lipinski definition) is 0. The second-order valence-electron chi connectivity index (χ2n) is 22.0. The summed E-state index contributed by atoms with van der Waals surface area (Å²) in [7, 11) is 0. The maximum absolute atomic E-state index is 12.9. The summed E-state index contributed by atoms with van der Waals surface area (Å²) in [6.07, 6.45) is 96.1. The summed E-state index contributed by atoms with van der Waals surface area (Å²) < 4.78 is 16.9. The van der Waals surface area contributed by atoms with Crippen LogP contribution in [0.1, 0.15) is 303 Å². The van der Waals surface area contributed by atoms with E-state index in [-0.39, 0.29) is 31.1 Å². The van der Waals surface area contributed by atoms with E-state index < -0.39 is 6.10 Å². The molecule has 0 fully saturated rings. The van der Waals surface area contributed by atoms with Gasteiger partial charge in [-0.15, -0.1) is 0 Å². The molecule has 81 heavy (non-hydrogen) atoms. The van der Waals surface area contributed by atoms with E-state index in [1.165, 1.54) is 109 Å². The average molecular weight is 1120 g/mol. The molecule has 0 aliphatic heterocycles. The van der Waals surface area contributed by atoms with Gasteiger partial charge in [-0.3, -0.25) is 14.4 Å². The summed E-state index contributed by atoms with van der Waals surface area (Å²) >= 11 is 0. The summed E-state index contributed by atoms with van der Waals surface area (Å²) in [5.74, 6) is -0.915. The van der Waals surface area contributed by atoms with Crippen molar-refractivity contribution in [1.82, 2.24) is 0 Å². The standard InChI is InChI=1S/C75H124O6/c1-4-7-10-13-16-19-22-25-28-29-30-31-32-33-34-35-36-37-38-39-40-41-42-43-44-45-46-47-48-51-53-56-59-62-65-68-74(77)80-71-72(81-75(78)69-66-63-60-57-54-50-27-24-21-18-15-12-9-6-3)70-79-73(76)67-64-61-58-55-52-49-26-23-20-17-14-11-8-5-2/h7,10,14-19,23-28,30-31,33-34,36-37,39-40,72H,4-6,8-9,11-13,20-22,29,32,35,38,41-71H2,1-3H3/b10-7-,17-14-,18-15-,19-16-,26-23-,27-24-,28-25-,31-30-,34-33-,37-36-,40-39-. The summed E-state index contributed by atoms with van der Waals surface area (Å²) in [4.78, 5) is 38.3. The van der Waals surface area contributed by atoms with Gasteiger partial charge >= 0.3 is 17.9 Å². The quantitative estimate of drug-likeness (QED) is 0.0261. The first kappa shape index (κ1) is 76.5. The SMILES string of the molecule is CC/C=C\C/C=C\C/C=C\C/C=C\C/C=C\C/C=C\C/C=C\CCCCCCCCCCCCCCCC(=O)OCC(COC(=O)CCCCCCC/C=C\C/C=C\CCCC)OC(=O)CCCCCCC/C=C\C/C=C\CCCC. The zero-order chi connectivity index (χ0) is 58.5. The molecule has 6 heteroatoms. The molecule has 0 saturated heterocycles. The lowest BCUT2D eigenvalue weighted by atomic mass is 10.0. The topological polar surface area (TPSA) is 78.9 Å². The van der Waals surface area contributed by atoms with Crippen LogP contribution < -0.4 is 0 Å². The Morgan fingerprint density at radius 1 is 0.259 bits per heavy atom. The highest BCUT2D eigenvalue weighted by Gasteiger charge is 2.19. The molecule has 6 nitrogen and oxygen atoms in total. The van der Waals surface area contributed by atoms with E-state index in [2.05, 4.69) is 154 Å². The zero-order valence-electron chi connectivity index (χ0n) is 52.8. The van der Waals surface area contributed by atoms with Gasteiger partial charge in [-0.2, -0.15) is 0 Å². The number of ether oxygens (including phenoxy) is 3. The molecule has 0 aliphatic rings. The Hall–Kier alpha value is -4.45. The smallest absolute Gasteiger partial charge is 0.306 e. The van der Waals surface area contributed by atoms with E-state index in [0.717, 1.165) is 154 Å². The molecule has 0 amide bonds. The number of hydrogen-bond acceptors (Lipinski definition) is 6. The fourth-order valence-corrected chi connectivity index (χ4v) is 9.04. The molecule has 0 spiro atoms. The number of unbranched alkanes of at least 4 members (excludes halogenated alkanes) is 27. The van der Waals surface area contributed by atoms with Crippen LogP contribution in [0, 0.1) is 0 Å².